The highest BCUT2D eigenvalue weighted by Gasteiger charge is 1.92. The second-order valence-corrected chi connectivity index (χ2v) is 3.89. The minimum absolute atomic E-state index is 0.250. The van der Waals surface area contributed by atoms with E-state index < -0.39 is 0 Å². The van der Waals surface area contributed by atoms with Crippen molar-refractivity contribution in [3.8, 4) is 0 Å². The van der Waals surface area contributed by atoms with Crippen LogP contribution in [0.25, 0.3) is 0 Å². The summed E-state index contributed by atoms with van der Waals surface area (Å²) >= 11 is 0. The predicted molar refractivity (Wildman–Crippen MR) is 76.2 cm³/mol. The number of rotatable bonds is 4. The van der Waals surface area contributed by atoms with Crippen LogP contribution in [0.3, 0.4) is 0 Å². The Labute approximate surface area is 109 Å². The van der Waals surface area contributed by atoms with E-state index in [2.05, 4.69) is 53.8 Å². The maximum absolute atomic E-state index is 7.57. The molecule has 0 aliphatic rings. The molecule has 0 spiro atoms. The largest absolute Gasteiger partial charge is 0.397 e. The molecule has 2 aromatic carbocycles. The first-order chi connectivity index (χ1) is 8.86. The Morgan fingerprint density at radius 1 is 0.778 bits per heavy atom. The summed E-state index contributed by atoms with van der Waals surface area (Å²) in [6, 6.07) is 20.9. The van der Waals surface area contributed by atoms with Crippen molar-refractivity contribution in [2.75, 3.05) is 6.61 Å². The van der Waals surface area contributed by atoms with E-state index in [-0.39, 0.29) is 6.61 Å². The van der Waals surface area contributed by atoms with Crippen LogP contribution in [-0.4, -0.2) is 11.7 Å². The maximum atomic E-state index is 7.57. The smallest absolute Gasteiger partial charge is 0.0402 e. The van der Waals surface area contributed by atoms with Crippen LogP contribution < -0.4 is 5.32 Å². The van der Waals surface area contributed by atoms with Crippen molar-refractivity contribution in [1.82, 2.24) is 5.32 Å². The van der Waals surface area contributed by atoms with Crippen LogP contribution in [0.2, 0.25) is 0 Å². The van der Waals surface area contributed by atoms with Gasteiger partial charge in [-0.05, 0) is 18.1 Å². The minimum Gasteiger partial charge on any atom is -0.397 e. The van der Waals surface area contributed by atoms with Gasteiger partial charge in [-0.1, -0.05) is 60.7 Å². The summed E-state index contributed by atoms with van der Waals surface area (Å²) in [6.45, 7) is 3.78. The summed E-state index contributed by atoms with van der Waals surface area (Å²) < 4.78 is 0. The van der Waals surface area contributed by atoms with Crippen molar-refractivity contribution < 1.29 is 5.11 Å². The Morgan fingerprint density at radius 3 is 1.44 bits per heavy atom. The van der Waals surface area contributed by atoms with Crippen LogP contribution in [0.15, 0.2) is 60.7 Å². The fourth-order valence-corrected chi connectivity index (χ4v) is 1.54. The molecule has 0 amide bonds. The van der Waals surface area contributed by atoms with Crippen LogP contribution >= 0.6 is 0 Å². The SMILES string of the molecule is CCO.c1ccc(CNCc2ccccc2)cc1. The van der Waals surface area contributed by atoms with Crippen molar-refractivity contribution in [2.45, 2.75) is 20.0 Å². The first-order valence-corrected chi connectivity index (χ1v) is 6.26. The quantitative estimate of drug-likeness (QED) is 0.865. The van der Waals surface area contributed by atoms with E-state index in [4.69, 9.17) is 5.11 Å². The van der Waals surface area contributed by atoms with Crippen molar-refractivity contribution >= 4 is 0 Å². The van der Waals surface area contributed by atoms with E-state index in [9.17, 15) is 0 Å². The molecular formula is C16H21NO. The molecule has 0 heterocycles. The van der Waals surface area contributed by atoms with Gasteiger partial charge in [0.25, 0.3) is 0 Å². The van der Waals surface area contributed by atoms with E-state index in [1.54, 1.807) is 6.92 Å². The van der Waals surface area contributed by atoms with E-state index in [0.29, 0.717) is 0 Å². The molecule has 0 aliphatic carbocycles. The zero-order chi connectivity index (χ0) is 13.1. The second kappa shape index (κ2) is 9.40. The van der Waals surface area contributed by atoms with Crippen molar-refractivity contribution in [3.63, 3.8) is 0 Å². The standard InChI is InChI=1S/C14H15N.C2H6O/c1-3-7-13(8-4-1)11-15-12-14-9-5-2-6-10-14;1-2-3/h1-10,15H,11-12H2;3H,2H2,1H3. The molecule has 0 aromatic heterocycles. The van der Waals surface area contributed by atoms with Crippen molar-refractivity contribution in [3.05, 3.63) is 71.8 Å². The molecule has 0 fully saturated rings. The molecule has 0 saturated carbocycles. The van der Waals surface area contributed by atoms with Crippen molar-refractivity contribution in [1.29, 1.82) is 0 Å². The lowest BCUT2D eigenvalue weighted by Gasteiger charge is -2.04. The predicted octanol–water partition coefficient (Wildman–Crippen LogP) is 2.98. The Morgan fingerprint density at radius 2 is 1.11 bits per heavy atom. The normalized spacial score (nSPS) is 9.44. The van der Waals surface area contributed by atoms with E-state index in [0.717, 1.165) is 13.1 Å². The Bertz CT molecular complexity index is 360. The highest BCUT2D eigenvalue weighted by Crippen LogP contribution is 2.00. The second-order valence-electron chi connectivity index (χ2n) is 3.89. The molecule has 2 rings (SSSR count). The zero-order valence-corrected chi connectivity index (χ0v) is 10.8. The van der Waals surface area contributed by atoms with Crippen LogP contribution in [0.1, 0.15) is 18.1 Å². The van der Waals surface area contributed by atoms with Gasteiger partial charge in [0.15, 0.2) is 0 Å². The lowest BCUT2D eigenvalue weighted by atomic mass is 10.2. The number of nitrogens with one attached hydrogen (secondary N) is 1. The highest BCUT2D eigenvalue weighted by atomic mass is 16.2. The Hall–Kier alpha value is -1.64. The molecule has 0 unspecified atom stereocenters. The number of aliphatic hydroxyl groups excluding tert-OH is 1. The van der Waals surface area contributed by atoms with Gasteiger partial charge in [0.05, 0.1) is 0 Å². The van der Waals surface area contributed by atoms with E-state index in [1.807, 2.05) is 12.1 Å². The van der Waals surface area contributed by atoms with Crippen LogP contribution in [0.5, 0.6) is 0 Å². The summed E-state index contributed by atoms with van der Waals surface area (Å²) in [6.07, 6.45) is 0. The van der Waals surface area contributed by atoms with Crippen LogP contribution in [0.4, 0.5) is 0 Å². The number of benzene rings is 2. The van der Waals surface area contributed by atoms with Crippen molar-refractivity contribution in [2.24, 2.45) is 0 Å². The fourth-order valence-electron chi connectivity index (χ4n) is 1.54. The maximum Gasteiger partial charge on any atom is 0.0402 e. The van der Waals surface area contributed by atoms with Gasteiger partial charge in [-0.2, -0.15) is 0 Å². The van der Waals surface area contributed by atoms with Crippen LogP contribution in [-0.2, 0) is 13.1 Å². The molecule has 0 saturated heterocycles. The van der Waals surface area contributed by atoms with Crippen LogP contribution in [0, 0.1) is 0 Å². The number of aliphatic hydroxyl groups is 1. The molecule has 18 heavy (non-hydrogen) atoms. The Kier molecular flexibility index (Phi) is 7.53. The molecule has 0 bridgehead atoms. The zero-order valence-electron chi connectivity index (χ0n) is 10.8. The topological polar surface area (TPSA) is 32.3 Å². The summed E-state index contributed by atoms with van der Waals surface area (Å²) in [7, 11) is 0. The molecule has 0 aliphatic heterocycles. The van der Waals surface area contributed by atoms with Gasteiger partial charge in [0.1, 0.15) is 0 Å². The lowest BCUT2D eigenvalue weighted by molar-refractivity contribution is 0.318. The van der Waals surface area contributed by atoms with E-state index >= 15 is 0 Å². The first kappa shape index (κ1) is 14.4. The molecule has 2 aromatic rings. The fraction of sp³-hybridized carbons (Fsp3) is 0.250. The molecule has 0 atom stereocenters. The molecule has 2 nitrogen and oxygen atoms in total. The van der Waals surface area contributed by atoms with Gasteiger partial charge >= 0.3 is 0 Å². The molecule has 96 valence electrons. The third-order valence-corrected chi connectivity index (χ3v) is 2.34. The number of hydrogen-bond acceptors (Lipinski definition) is 2. The van der Waals surface area contributed by atoms with Gasteiger partial charge in [0, 0.05) is 19.7 Å². The third kappa shape index (κ3) is 6.18. The summed E-state index contributed by atoms with van der Waals surface area (Å²) in [5, 5.41) is 11.0. The average Bonchev–Trinajstić information content (AvgIpc) is 2.42. The molecule has 2 N–H and O–H groups in total. The summed E-state index contributed by atoms with van der Waals surface area (Å²) in [5.74, 6) is 0. The monoisotopic (exact) mass is 243 g/mol. The third-order valence-electron chi connectivity index (χ3n) is 2.34. The van der Waals surface area contributed by atoms with Gasteiger partial charge in [-0.15, -0.1) is 0 Å². The highest BCUT2D eigenvalue weighted by molar-refractivity contribution is 5.16. The average molecular weight is 243 g/mol. The molecule has 0 radical (unpaired) electrons. The number of hydrogen-bond donors (Lipinski definition) is 2. The summed E-state index contributed by atoms with van der Waals surface area (Å²) in [5.41, 5.74) is 2.65. The van der Waals surface area contributed by atoms with Gasteiger partial charge in [-0.25, -0.2) is 0 Å². The first-order valence-electron chi connectivity index (χ1n) is 6.26. The lowest BCUT2D eigenvalue weighted by Crippen LogP contribution is -2.12. The van der Waals surface area contributed by atoms with Gasteiger partial charge in [0.2, 0.25) is 0 Å². The van der Waals surface area contributed by atoms with E-state index in [1.165, 1.54) is 11.1 Å². The molecule has 2 heteroatoms. The Balaban J connectivity index is 0.000000492. The minimum atomic E-state index is 0.250. The van der Waals surface area contributed by atoms with Gasteiger partial charge in [-0.3, -0.25) is 0 Å². The summed E-state index contributed by atoms with van der Waals surface area (Å²) in [4.78, 5) is 0. The molecular weight excluding hydrogens is 222 g/mol. The van der Waals surface area contributed by atoms with Gasteiger partial charge < -0.3 is 10.4 Å².